The number of aromatic amines is 1. The third-order valence-corrected chi connectivity index (χ3v) is 3.93. The number of hydrogen-bond donors (Lipinski definition) is 1. The van der Waals surface area contributed by atoms with Crippen LogP contribution in [0.15, 0.2) is 18.2 Å². The molecule has 0 amide bonds. The third-order valence-electron chi connectivity index (χ3n) is 3.93. The first-order valence-electron chi connectivity index (χ1n) is 7.89. The molecule has 0 atom stereocenters. The van der Waals surface area contributed by atoms with E-state index in [1.807, 2.05) is 13.0 Å². The quantitative estimate of drug-likeness (QED) is 0.781. The number of hydrogen-bond acceptors (Lipinski definition) is 5. The molecule has 1 aromatic heterocycles. The molecular formula is C19H20N2O4. The maximum atomic E-state index is 12.5. The van der Waals surface area contributed by atoms with Crippen LogP contribution in [-0.4, -0.2) is 30.3 Å². The number of carbonyl (C=O) groups excluding carboxylic acids is 2. The second-order valence-electron chi connectivity index (χ2n) is 5.58. The highest BCUT2D eigenvalue weighted by molar-refractivity contribution is 6.03. The molecule has 6 heteroatoms. The molecule has 1 aromatic carbocycles. The second kappa shape index (κ2) is 7.67. The van der Waals surface area contributed by atoms with Crippen LogP contribution in [0.3, 0.4) is 0 Å². The molecule has 0 aliphatic rings. The van der Waals surface area contributed by atoms with Crippen LogP contribution in [0.4, 0.5) is 0 Å². The highest BCUT2D eigenvalue weighted by Gasteiger charge is 2.22. The topological polar surface area (TPSA) is 92.2 Å². The van der Waals surface area contributed by atoms with Crippen molar-refractivity contribution in [3.05, 3.63) is 46.3 Å². The van der Waals surface area contributed by atoms with Crippen molar-refractivity contribution in [2.45, 2.75) is 27.2 Å². The summed E-state index contributed by atoms with van der Waals surface area (Å²) in [7, 11) is 1.47. The molecule has 25 heavy (non-hydrogen) atoms. The fraction of sp³-hybridized carbons (Fsp3) is 0.316. The normalized spacial score (nSPS) is 10.2. The number of methoxy groups -OCH3 is 1. The van der Waals surface area contributed by atoms with Gasteiger partial charge in [-0.15, -0.1) is 0 Å². The van der Waals surface area contributed by atoms with Crippen LogP contribution in [0.5, 0.6) is 11.5 Å². The summed E-state index contributed by atoms with van der Waals surface area (Å²) in [5.41, 5.74) is 2.81. The van der Waals surface area contributed by atoms with Crippen molar-refractivity contribution in [2.24, 2.45) is 0 Å². The van der Waals surface area contributed by atoms with Crippen LogP contribution in [0, 0.1) is 18.3 Å². The number of carbonyl (C=O) groups is 2. The van der Waals surface area contributed by atoms with Gasteiger partial charge in [0.2, 0.25) is 5.78 Å². The maximum absolute atomic E-state index is 12.5. The number of ether oxygens (including phenoxy) is 2. The van der Waals surface area contributed by atoms with Crippen molar-refractivity contribution in [1.82, 2.24) is 4.98 Å². The van der Waals surface area contributed by atoms with Crippen LogP contribution < -0.4 is 9.47 Å². The zero-order chi connectivity index (χ0) is 18.6. The number of aryl methyl sites for hydroxylation is 1. The van der Waals surface area contributed by atoms with Crippen molar-refractivity contribution in [1.29, 1.82) is 5.26 Å². The van der Waals surface area contributed by atoms with Gasteiger partial charge in [0.1, 0.15) is 0 Å². The van der Waals surface area contributed by atoms with E-state index in [9.17, 15) is 9.59 Å². The van der Waals surface area contributed by atoms with Crippen LogP contribution in [0.2, 0.25) is 0 Å². The van der Waals surface area contributed by atoms with E-state index >= 15 is 0 Å². The van der Waals surface area contributed by atoms with Gasteiger partial charge >= 0.3 is 0 Å². The fourth-order valence-corrected chi connectivity index (χ4v) is 2.82. The smallest absolute Gasteiger partial charge is 0.216 e. The Morgan fingerprint density at radius 3 is 2.56 bits per heavy atom. The van der Waals surface area contributed by atoms with Crippen molar-refractivity contribution in [2.75, 3.05) is 13.7 Å². The predicted molar refractivity (Wildman–Crippen MR) is 92.4 cm³/mol. The standard InChI is InChI=1S/C19H20N2O4/c1-5-14-18(12(3)22)11(2)21-19(14)15(23)10-25-16-7-6-13(9-20)8-17(16)24-4/h6-8,21H,5,10H2,1-4H3. The van der Waals surface area contributed by atoms with Gasteiger partial charge in [-0.05, 0) is 38.0 Å². The first-order chi connectivity index (χ1) is 11.9. The lowest BCUT2D eigenvalue weighted by Gasteiger charge is -2.10. The molecule has 1 heterocycles. The number of H-pyrrole nitrogens is 1. The number of nitrogens with one attached hydrogen (secondary N) is 1. The zero-order valence-electron chi connectivity index (χ0n) is 14.7. The zero-order valence-corrected chi connectivity index (χ0v) is 14.7. The molecule has 0 spiro atoms. The van der Waals surface area contributed by atoms with Crippen molar-refractivity contribution in [3.63, 3.8) is 0 Å². The number of Topliss-reactive ketones (excluding diaryl/α,β-unsaturated/α-hetero) is 2. The van der Waals surface area contributed by atoms with E-state index < -0.39 is 0 Å². The molecule has 0 unspecified atom stereocenters. The monoisotopic (exact) mass is 340 g/mol. The Hall–Kier alpha value is -3.07. The van der Waals surface area contributed by atoms with Crippen LogP contribution in [-0.2, 0) is 6.42 Å². The number of rotatable bonds is 7. The lowest BCUT2D eigenvalue weighted by atomic mass is 10.0. The van der Waals surface area contributed by atoms with Crippen LogP contribution in [0.1, 0.15) is 51.5 Å². The Morgan fingerprint density at radius 1 is 1.28 bits per heavy atom. The molecule has 2 rings (SSSR count). The summed E-state index contributed by atoms with van der Waals surface area (Å²) in [6, 6.07) is 6.74. The minimum atomic E-state index is -0.251. The molecule has 0 radical (unpaired) electrons. The van der Waals surface area contributed by atoms with Crippen molar-refractivity contribution >= 4 is 11.6 Å². The molecular weight excluding hydrogens is 320 g/mol. The first kappa shape index (κ1) is 18.3. The summed E-state index contributed by atoms with van der Waals surface area (Å²) in [5.74, 6) is 0.441. The van der Waals surface area contributed by atoms with E-state index in [1.54, 1.807) is 25.1 Å². The number of ketones is 2. The minimum absolute atomic E-state index is 0.0701. The summed E-state index contributed by atoms with van der Waals surface area (Å²) in [6.07, 6.45) is 0.570. The molecule has 0 aliphatic heterocycles. The SMILES string of the molecule is CCc1c(C(=O)COc2ccc(C#N)cc2OC)[nH]c(C)c1C(C)=O. The van der Waals surface area contributed by atoms with Gasteiger partial charge in [-0.1, -0.05) is 6.92 Å². The van der Waals surface area contributed by atoms with Gasteiger partial charge in [0.05, 0.1) is 24.4 Å². The summed E-state index contributed by atoms with van der Waals surface area (Å²) >= 11 is 0. The number of nitrogens with zero attached hydrogens (tertiary/aromatic N) is 1. The Morgan fingerprint density at radius 2 is 2.00 bits per heavy atom. The average molecular weight is 340 g/mol. The van der Waals surface area contributed by atoms with Gasteiger partial charge in [-0.3, -0.25) is 9.59 Å². The summed E-state index contributed by atoms with van der Waals surface area (Å²) in [5, 5.41) is 8.91. The number of benzene rings is 1. The van der Waals surface area contributed by atoms with Crippen molar-refractivity contribution in [3.8, 4) is 17.6 Å². The molecule has 2 aromatic rings. The van der Waals surface area contributed by atoms with E-state index in [0.717, 1.165) is 0 Å². The molecule has 6 nitrogen and oxygen atoms in total. The predicted octanol–water partition coefficient (Wildman–Crippen LogP) is 3.23. The van der Waals surface area contributed by atoms with Gasteiger partial charge in [0.25, 0.3) is 0 Å². The van der Waals surface area contributed by atoms with Gasteiger partial charge in [-0.2, -0.15) is 5.26 Å². The minimum Gasteiger partial charge on any atom is -0.493 e. The second-order valence-corrected chi connectivity index (χ2v) is 5.58. The van der Waals surface area contributed by atoms with Gasteiger partial charge in [0.15, 0.2) is 23.9 Å². The maximum Gasteiger partial charge on any atom is 0.216 e. The Balaban J connectivity index is 2.23. The Bertz CT molecular complexity index is 859. The molecule has 0 fully saturated rings. The fourth-order valence-electron chi connectivity index (χ4n) is 2.82. The van der Waals surface area contributed by atoms with E-state index in [-0.39, 0.29) is 18.2 Å². The molecule has 0 saturated heterocycles. The molecule has 0 saturated carbocycles. The van der Waals surface area contributed by atoms with E-state index in [4.69, 9.17) is 14.7 Å². The highest BCUT2D eigenvalue weighted by Crippen LogP contribution is 2.28. The molecule has 1 N–H and O–H groups in total. The van der Waals surface area contributed by atoms with E-state index in [1.165, 1.54) is 14.0 Å². The summed E-state index contributed by atoms with van der Waals surface area (Å²) in [4.78, 5) is 27.4. The molecule has 130 valence electrons. The number of nitriles is 1. The highest BCUT2D eigenvalue weighted by atomic mass is 16.5. The summed E-state index contributed by atoms with van der Waals surface area (Å²) < 4.78 is 10.7. The first-order valence-corrected chi connectivity index (χ1v) is 7.89. The van der Waals surface area contributed by atoms with Crippen molar-refractivity contribution < 1.29 is 19.1 Å². The molecule has 0 bridgehead atoms. The average Bonchev–Trinajstić information content (AvgIpc) is 2.96. The number of aromatic nitrogens is 1. The van der Waals surface area contributed by atoms with Crippen LogP contribution in [0.25, 0.3) is 0 Å². The van der Waals surface area contributed by atoms with Gasteiger partial charge in [-0.25, -0.2) is 0 Å². The largest absolute Gasteiger partial charge is 0.493 e. The van der Waals surface area contributed by atoms with Gasteiger partial charge in [0, 0.05) is 17.3 Å². The Kier molecular flexibility index (Phi) is 5.60. The third kappa shape index (κ3) is 3.72. The Labute approximate surface area is 146 Å². The van der Waals surface area contributed by atoms with E-state index in [0.29, 0.717) is 46.0 Å². The molecule has 0 aliphatic carbocycles. The van der Waals surface area contributed by atoms with Crippen LogP contribution >= 0.6 is 0 Å². The van der Waals surface area contributed by atoms with Gasteiger partial charge < -0.3 is 14.5 Å². The lowest BCUT2D eigenvalue weighted by molar-refractivity contribution is 0.0914. The summed E-state index contributed by atoms with van der Waals surface area (Å²) in [6.45, 7) is 4.96. The lowest BCUT2D eigenvalue weighted by Crippen LogP contribution is -2.14. The van der Waals surface area contributed by atoms with E-state index in [2.05, 4.69) is 4.98 Å².